The Hall–Kier alpha value is -3.96. The fourth-order valence-electron chi connectivity index (χ4n) is 5.19. The van der Waals surface area contributed by atoms with Gasteiger partial charge in [0, 0.05) is 13.0 Å². The van der Waals surface area contributed by atoms with Crippen LogP contribution in [0.25, 0.3) is 0 Å². The summed E-state index contributed by atoms with van der Waals surface area (Å²) in [7, 11) is 0. The van der Waals surface area contributed by atoms with Gasteiger partial charge in [0.2, 0.25) is 29.5 Å². The van der Waals surface area contributed by atoms with E-state index in [2.05, 4.69) is 10.6 Å². The number of primary amides is 1. The number of hydrogen-bond donors (Lipinski definition) is 3. The second kappa shape index (κ2) is 14.1. The van der Waals surface area contributed by atoms with E-state index in [1.54, 1.807) is 38.1 Å². The van der Waals surface area contributed by atoms with Crippen molar-refractivity contribution >= 4 is 35.6 Å². The fourth-order valence-corrected chi connectivity index (χ4v) is 5.19. The predicted molar refractivity (Wildman–Crippen MR) is 149 cm³/mol. The van der Waals surface area contributed by atoms with Gasteiger partial charge in [-0.2, -0.15) is 0 Å². The van der Waals surface area contributed by atoms with Crippen molar-refractivity contribution < 1.29 is 33.5 Å². The van der Waals surface area contributed by atoms with Gasteiger partial charge in [0.1, 0.15) is 30.8 Å². The monoisotopic (exact) mass is 571 g/mol. The first kappa shape index (κ1) is 31.6. The van der Waals surface area contributed by atoms with Gasteiger partial charge in [0.05, 0.1) is 0 Å². The highest BCUT2D eigenvalue weighted by atomic mass is 16.6. The molecular weight excluding hydrogens is 530 g/mol. The number of amides is 6. The summed E-state index contributed by atoms with van der Waals surface area (Å²) in [5.41, 5.74) is 6.21. The van der Waals surface area contributed by atoms with Crippen LogP contribution in [0.1, 0.15) is 65.4 Å². The molecule has 2 saturated heterocycles. The van der Waals surface area contributed by atoms with Crippen LogP contribution in [0.5, 0.6) is 0 Å². The Morgan fingerprint density at radius 2 is 1.68 bits per heavy atom. The third-order valence-electron chi connectivity index (χ3n) is 7.35. The molecule has 4 N–H and O–H groups in total. The molecule has 0 aromatic heterocycles. The number of rotatable bonds is 11. The number of nitrogens with two attached hydrogens (primary N) is 1. The molecule has 12 heteroatoms. The molecule has 1 aromatic rings. The highest BCUT2D eigenvalue weighted by Gasteiger charge is 2.43. The molecule has 6 amide bonds. The summed E-state index contributed by atoms with van der Waals surface area (Å²) in [5, 5.41) is 5.46. The third kappa shape index (κ3) is 8.05. The molecule has 0 bridgehead atoms. The van der Waals surface area contributed by atoms with Crippen LogP contribution >= 0.6 is 0 Å². The summed E-state index contributed by atoms with van der Waals surface area (Å²) < 4.78 is 5.29. The molecule has 224 valence electrons. The van der Waals surface area contributed by atoms with E-state index >= 15 is 0 Å². The van der Waals surface area contributed by atoms with Gasteiger partial charge < -0.3 is 26.0 Å². The van der Waals surface area contributed by atoms with Gasteiger partial charge in [-0.3, -0.25) is 24.0 Å². The number of carbonyl (C=O) groups excluding carboxylic acids is 6. The van der Waals surface area contributed by atoms with Gasteiger partial charge in [-0.25, -0.2) is 9.69 Å². The Kier molecular flexibility index (Phi) is 10.8. The summed E-state index contributed by atoms with van der Waals surface area (Å²) in [6.07, 6.45) is 0.507. The van der Waals surface area contributed by atoms with E-state index in [0.29, 0.717) is 19.4 Å². The highest BCUT2D eigenvalue weighted by molar-refractivity contribution is 6.02. The largest absolute Gasteiger partial charge is 0.444 e. The molecule has 0 aliphatic carbocycles. The van der Waals surface area contributed by atoms with Crippen LogP contribution in [-0.4, -0.2) is 76.1 Å². The Labute approximate surface area is 240 Å². The van der Waals surface area contributed by atoms with E-state index in [1.807, 2.05) is 19.9 Å². The Balaban J connectivity index is 1.70. The number of nitrogens with zero attached hydrogens (tertiary/aromatic N) is 2. The van der Waals surface area contributed by atoms with E-state index in [0.717, 1.165) is 10.5 Å². The zero-order valence-electron chi connectivity index (χ0n) is 24.1. The minimum atomic E-state index is -1.13. The van der Waals surface area contributed by atoms with E-state index in [1.165, 1.54) is 4.90 Å². The van der Waals surface area contributed by atoms with Crippen LogP contribution in [0.15, 0.2) is 30.3 Å². The van der Waals surface area contributed by atoms with Gasteiger partial charge in [-0.05, 0) is 43.1 Å². The smallest absolute Gasteiger partial charge is 0.417 e. The topological polar surface area (TPSA) is 168 Å². The van der Waals surface area contributed by atoms with E-state index in [-0.39, 0.29) is 37.7 Å². The summed E-state index contributed by atoms with van der Waals surface area (Å²) in [6.45, 7) is 7.61. The van der Waals surface area contributed by atoms with Gasteiger partial charge >= 0.3 is 6.09 Å². The second-order valence-electron chi connectivity index (χ2n) is 11.4. The normalized spacial score (nSPS) is 20.2. The van der Waals surface area contributed by atoms with Crippen molar-refractivity contribution in [2.24, 2.45) is 17.6 Å². The minimum absolute atomic E-state index is 0.00535. The molecule has 2 aliphatic heterocycles. The van der Waals surface area contributed by atoms with E-state index < -0.39 is 59.8 Å². The summed E-state index contributed by atoms with van der Waals surface area (Å²) in [6, 6.07) is 5.12. The zero-order valence-corrected chi connectivity index (χ0v) is 24.1. The van der Waals surface area contributed by atoms with E-state index in [9.17, 15) is 28.8 Å². The summed E-state index contributed by atoms with van der Waals surface area (Å²) >= 11 is 0. The fraction of sp³-hybridized carbons (Fsp3) is 0.586. The quantitative estimate of drug-likeness (QED) is 0.361. The lowest BCUT2D eigenvalue weighted by atomic mass is 9.99. The Morgan fingerprint density at radius 3 is 2.29 bits per heavy atom. The molecule has 2 aliphatic rings. The molecule has 4 atom stereocenters. The van der Waals surface area contributed by atoms with Crippen LogP contribution in [0.2, 0.25) is 0 Å². The SMILES string of the molecule is CC(C)C[C@H](NC(=O)[C@@H]1CCC(=O)N1C(=O)OCc1ccccc1)C(=O)N[C@H](C(=O)N1CCC[C@@H]1C(N)=O)C(C)C. The number of likely N-dealkylation sites (tertiary alicyclic amines) is 2. The first-order chi connectivity index (χ1) is 19.4. The molecule has 1 aromatic carbocycles. The van der Waals surface area contributed by atoms with Crippen LogP contribution in [-0.2, 0) is 35.3 Å². The average molecular weight is 572 g/mol. The number of nitrogens with one attached hydrogen (secondary N) is 2. The van der Waals surface area contributed by atoms with Crippen molar-refractivity contribution in [3.8, 4) is 0 Å². The second-order valence-corrected chi connectivity index (χ2v) is 11.4. The maximum absolute atomic E-state index is 13.5. The van der Waals surface area contributed by atoms with Gasteiger partial charge in [-0.15, -0.1) is 0 Å². The lowest BCUT2D eigenvalue weighted by molar-refractivity contribution is -0.142. The highest BCUT2D eigenvalue weighted by Crippen LogP contribution is 2.22. The molecule has 0 spiro atoms. The maximum atomic E-state index is 13.5. The van der Waals surface area contributed by atoms with E-state index in [4.69, 9.17) is 10.5 Å². The molecular formula is C29H41N5O7. The lowest BCUT2D eigenvalue weighted by Crippen LogP contribution is -2.59. The first-order valence-corrected chi connectivity index (χ1v) is 14.1. The van der Waals surface area contributed by atoms with Crippen LogP contribution in [0.3, 0.4) is 0 Å². The van der Waals surface area contributed by atoms with Crippen molar-refractivity contribution in [1.82, 2.24) is 20.4 Å². The van der Waals surface area contributed by atoms with Crippen molar-refractivity contribution in [2.45, 2.75) is 90.6 Å². The standard InChI is InChI=1S/C29H41N5O7/c1-17(2)15-20(26(37)32-24(18(3)4)28(39)33-14-8-11-21(33)25(30)36)31-27(38)22-12-13-23(35)34(22)29(40)41-16-19-9-6-5-7-10-19/h5-7,9-10,17-18,20-22,24H,8,11-16H2,1-4H3,(H2,30,36)(H,31,38)(H,32,37)/t20-,21+,22-,24-/m0/s1. The number of benzene rings is 1. The Morgan fingerprint density at radius 1 is 1.00 bits per heavy atom. The maximum Gasteiger partial charge on any atom is 0.417 e. The molecule has 41 heavy (non-hydrogen) atoms. The first-order valence-electron chi connectivity index (χ1n) is 14.1. The molecule has 2 heterocycles. The van der Waals surface area contributed by atoms with Gasteiger partial charge in [0.15, 0.2) is 0 Å². The molecule has 3 rings (SSSR count). The number of imide groups is 1. The minimum Gasteiger partial charge on any atom is -0.444 e. The molecule has 0 radical (unpaired) electrons. The van der Waals surface area contributed by atoms with Gasteiger partial charge in [0.25, 0.3) is 0 Å². The average Bonchev–Trinajstić information content (AvgIpc) is 3.57. The predicted octanol–water partition coefficient (Wildman–Crippen LogP) is 1.46. The zero-order chi connectivity index (χ0) is 30.3. The van der Waals surface area contributed by atoms with Crippen LogP contribution < -0.4 is 16.4 Å². The number of hydrogen-bond acceptors (Lipinski definition) is 7. The molecule has 12 nitrogen and oxygen atoms in total. The number of ether oxygens (including phenoxy) is 1. The molecule has 0 saturated carbocycles. The Bertz CT molecular complexity index is 1140. The van der Waals surface area contributed by atoms with Gasteiger partial charge in [-0.1, -0.05) is 58.0 Å². The number of carbonyl (C=O) groups is 6. The van der Waals surface area contributed by atoms with Crippen LogP contribution in [0, 0.1) is 11.8 Å². The lowest BCUT2D eigenvalue weighted by Gasteiger charge is -2.31. The van der Waals surface area contributed by atoms with Crippen LogP contribution in [0.4, 0.5) is 4.79 Å². The molecule has 0 unspecified atom stereocenters. The van der Waals surface area contributed by atoms with Crippen molar-refractivity contribution in [2.75, 3.05) is 6.54 Å². The summed E-state index contributed by atoms with van der Waals surface area (Å²) in [4.78, 5) is 79.5. The third-order valence-corrected chi connectivity index (χ3v) is 7.35. The van der Waals surface area contributed by atoms with Crippen molar-refractivity contribution in [3.05, 3.63) is 35.9 Å². The van der Waals surface area contributed by atoms with Crippen molar-refractivity contribution in [1.29, 1.82) is 0 Å². The van der Waals surface area contributed by atoms with Crippen molar-refractivity contribution in [3.63, 3.8) is 0 Å². The molecule has 2 fully saturated rings. The summed E-state index contributed by atoms with van der Waals surface area (Å²) in [5.74, 6) is -3.07.